The van der Waals surface area contributed by atoms with Gasteiger partial charge in [-0.15, -0.1) is 0 Å². The number of ketones is 1. The van der Waals surface area contributed by atoms with Gasteiger partial charge in [-0.05, 0) is 37.1 Å². The molecule has 35 heavy (non-hydrogen) atoms. The summed E-state index contributed by atoms with van der Waals surface area (Å²) in [6.45, 7) is 0.530. The number of carbonyl (C=O) groups is 1. The van der Waals surface area contributed by atoms with E-state index in [1.807, 2.05) is 0 Å². The van der Waals surface area contributed by atoms with Crippen LogP contribution in [0.4, 0.5) is 20.5 Å². The molecule has 0 atom stereocenters. The molecule has 0 aliphatic carbocycles. The monoisotopic (exact) mass is 504 g/mol. The third-order valence-electron chi connectivity index (χ3n) is 5.60. The topological polar surface area (TPSA) is 140 Å². The van der Waals surface area contributed by atoms with Crippen molar-refractivity contribution in [2.45, 2.75) is 23.9 Å². The molecule has 10 nitrogen and oxygen atoms in total. The number of nitrogens with zero attached hydrogens (tertiary/aromatic N) is 4. The fourth-order valence-electron chi connectivity index (χ4n) is 3.74. The smallest absolute Gasteiger partial charge is 0.260 e. The summed E-state index contributed by atoms with van der Waals surface area (Å²) < 4.78 is 59.8. The van der Waals surface area contributed by atoms with Crippen LogP contribution in [0.15, 0.2) is 47.8 Å². The van der Waals surface area contributed by atoms with Crippen LogP contribution in [-0.4, -0.2) is 59.7 Å². The summed E-state index contributed by atoms with van der Waals surface area (Å²) in [4.78, 5) is 24.9. The van der Waals surface area contributed by atoms with Gasteiger partial charge in [0.25, 0.3) is 10.0 Å². The van der Waals surface area contributed by atoms with E-state index in [0.717, 1.165) is 18.3 Å². The lowest BCUT2D eigenvalue weighted by molar-refractivity contribution is 0.103. The Labute approximate surface area is 200 Å². The number of sulfonamides is 1. The molecule has 1 aromatic carbocycles. The highest BCUT2D eigenvalue weighted by atomic mass is 32.2. The van der Waals surface area contributed by atoms with Gasteiger partial charge in [0, 0.05) is 31.5 Å². The molecule has 13 heteroatoms. The minimum atomic E-state index is -3.68. The van der Waals surface area contributed by atoms with Crippen molar-refractivity contribution in [2.24, 2.45) is 0 Å². The maximum Gasteiger partial charge on any atom is 0.260 e. The lowest BCUT2D eigenvalue weighted by Gasteiger charge is -2.31. The summed E-state index contributed by atoms with van der Waals surface area (Å²) in [5.41, 5.74) is 5.10. The minimum Gasteiger partial charge on any atom is -0.496 e. The number of benzene rings is 1. The Balaban J connectivity index is 1.44. The van der Waals surface area contributed by atoms with E-state index in [0.29, 0.717) is 12.8 Å². The van der Waals surface area contributed by atoms with E-state index in [9.17, 15) is 22.0 Å². The predicted octanol–water partition coefficient (Wildman–Crippen LogP) is 2.24. The highest BCUT2D eigenvalue weighted by Crippen LogP contribution is 2.28. The standard InChI is InChI=1S/C22H22F2N6O4S/c1-34-16-6-5-15(23)19(24)18(16)20(31)14-12-27-22(29-21(14)25)28-13-7-10-30(11-8-13)35(32,33)17-4-2-3-9-26-17/h2-6,9,12-13H,7-8,10-11H2,1H3,(H3,25,27,28,29). The van der Waals surface area contributed by atoms with Crippen molar-refractivity contribution < 1.29 is 26.7 Å². The Hall–Kier alpha value is -3.71. The van der Waals surface area contributed by atoms with E-state index in [1.165, 1.54) is 23.7 Å². The molecule has 0 amide bonds. The lowest BCUT2D eigenvalue weighted by Crippen LogP contribution is -2.42. The van der Waals surface area contributed by atoms with Crippen LogP contribution < -0.4 is 15.8 Å². The number of ether oxygens (including phenoxy) is 1. The SMILES string of the molecule is COc1ccc(F)c(F)c1C(=O)c1cnc(NC2CCN(S(=O)(=O)c3ccccn3)CC2)nc1N. The van der Waals surface area contributed by atoms with Crippen molar-refractivity contribution in [3.05, 3.63) is 65.5 Å². The number of methoxy groups -OCH3 is 1. The normalized spacial score (nSPS) is 15.1. The summed E-state index contributed by atoms with van der Waals surface area (Å²) in [5.74, 6) is -3.74. The van der Waals surface area contributed by atoms with Gasteiger partial charge < -0.3 is 15.8 Å². The molecule has 4 rings (SSSR count). The van der Waals surface area contributed by atoms with Crippen LogP contribution >= 0.6 is 0 Å². The van der Waals surface area contributed by atoms with E-state index in [2.05, 4.69) is 20.3 Å². The van der Waals surface area contributed by atoms with Crippen LogP contribution in [0.5, 0.6) is 5.75 Å². The van der Waals surface area contributed by atoms with Gasteiger partial charge in [0.05, 0.1) is 12.7 Å². The van der Waals surface area contributed by atoms with Gasteiger partial charge in [0.2, 0.25) is 11.7 Å². The molecular formula is C22H22F2N6O4S. The fraction of sp³-hybridized carbons (Fsp3) is 0.273. The Morgan fingerprint density at radius 1 is 1.17 bits per heavy atom. The Morgan fingerprint density at radius 3 is 2.54 bits per heavy atom. The van der Waals surface area contributed by atoms with Gasteiger partial charge in [-0.3, -0.25) is 4.79 Å². The summed E-state index contributed by atoms with van der Waals surface area (Å²) in [5, 5.41) is 3.07. The number of hydrogen-bond donors (Lipinski definition) is 2. The van der Waals surface area contributed by atoms with Crippen LogP contribution in [-0.2, 0) is 10.0 Å². The van der Waals surface area contributed by atoms with Crippen LogP contribution in [0.3, 0.4) is 0 Å². The number of pyridine rings is 1. The Bertz CT molecular complexity index is 1350. The van der Waals surface area contributed by atoms with Crippen LogP contribution in [0.1, 0.15) is 28.8 Å². The highest BCUT2D eigenvalue weighted by Gasteiger charge is 2.31. The zero-order valence-corrected chi connectivity index (χ0v) is 19.4. The largest absolute Gasteiger partial charge is 0.496 e. The minimum absolute atomic E-state index is 0.00543. The molecule has 1 saturated heterocycles. The number of carbonyl (C=O) groups excluding carboxylic acids is 1. The fourth-order valence-corrected chi connectivity index (χ4v) is 5.14. The number of piperidine rings is 1. The number of anilines is 2. The van der Waals surface area contributed by atoms with Gasteiger partial charge >= 0.3 is 0 Å². The first-order valence-corrected chi connectivity index (χ1v) is 12.0. The molecule has 3 N–H and O–H groups in total. The molecule has 0 radical (unpaired) electrons. The predicted molar refractivity (Wildman–Crippen MR) is 122 cm³/mol. The molecule has 1 aliphatic heterocycles. The molecule has 1 fully saturated rings. The number of aromatic nitrogens is 3. The second-order valence-corrected chi connectivity index (χ2v) is 9.64. The molecule has 3 heterocycles. The summed E-state index contributed by atoms with van der Waals surface area (Å²) in [6.07, 6.45) is 3.50. The van der Waals surface area contributed by atoms with Gasteiger partial charge in [0.15, 0.2) is 16.7 Å². The van der Waals surface area contributed by atoms with E-state index in [4.69, 9.17) is 10.5 Å². The summed E-state index contributed by atoms with van der Waals surface area (Å²) in [6, 6.07) is 6.55. The molecule has 0 bridgehead atoms. The van der Waals surface area contributed by atoms with Gasteiger partial charge in [0.1, 0.15) is 17.1 Å². The molecule has 2 aromatic heterocycles. The first-order valence-electron chi connectivity index (χ1n) is 10.6. The first kappa shape index (κ1) is 24.4. The number of rotatable bonds is 7. The number of nitrogens with one attached hydrogen (secondary N) is 1. The highest BCUT2D eigenvalue weighted by molar-refractivity contribution is 7.89. The zero-order chi connectivity index (χ0) is 25.2. The molecule has 184 valence electrons. The van der Waals surface area contributed by atoms with Gasteiger partial charge in [-0.25, -0.2) is 27.2 Å². The summed E-state index contributed by atoms with van der Waals surface area (Å²) in [7, 11) is -2.46. The van der Waals surface area contributed by atoms with Crippen molar-refractivity contribution in [3.8, 4) is 5.75 Å². The zero-order valence-electron chi connectivity index (χ0n) is 18.6. The van der Waals surface area contributed by atoms with Crippen molar-refractivity contribution in [3.63, 3.8) is 0 Å². The van der Waals surface area contributed by atoms with E-state index in [-0.39, 0.29) is 47.2 Å². The second kappa shape index (κ2) is 9.88. The van der Waals surface area contributed by atoms with Crippen LogP contribution in [0, 0.1) is 11.6 Å². The Morgan fingerprint density at radius 2 is 1.91 bits per heavy atom. The Kier molecular flexibility index (Phi) is 6.89. The van der Waals surface area contributed by atoms with Crippen LogP contribution in [0.25, 0.3) is 0 Å². The van der Waals surface area contributed by atoms with Crippen molar-refractivity contribution in [1.82, 2.24) is 19.3 Å². The van der Waals surface area contributed by atoms with E-state index >= 15 is 0 Å². The van der Waals surface area contributed by atoms with Crippen molar-refractivity contribution in [2.75, 3.05) is 31.2 Å². The van der Waals surface area contributed by atoms with E-state index in [1.54, 1.807) is 12.1 Å². The van der Waals surface area contributed by atoms with Crippen molar-refractivity contribution in [1.29, 1.82) is 0 Å². The number of hydrogen-bond acceptors (Lipinski definition) is 9. The molecular weight excluding hydrogens is 482 g/mol. The molecule has 0 saturated carbocycles. The van der Waals surface area contributed by atoms with Gasteiger partial charge in [-0.1, -0.05) is 6.07 Å². The molecule has 3 aromatic rings. The maximum atomic E-state index is 14.3. The average molecular weight is 505 g/mol. The maximum absolute atomic E-state index is 14.3. The molecule has 1 aliphatic rings. The van der Waals surface area contributed by atoms with Crippen LogP contribution in [0.2, 0.25) is 0 Å². The third-order valence-corrected chi connectivity index (χ3v) is 7.41. The second-order valence-electron chi connectivity index (χ2n) is 7.75. The molecule has 0 spiro atoms. The molecule has 0 unspecified atom stereocenters. The lowest BCUT2D eigenvalue weighted by atomic mass is 10.0. The summed E-state index contributed by atoms with van der Waals surface area (Å²) >= 11 is 0. The van der Waals surface area contributed by atoms with Crippen molar-refractivity contribution >= 4 is 27.6 Å². The average Bonchev–Trinajstić information content (AvgIpc) is 2.86. The van der Waals surface area contributed by atoms with E-state index < -0.39 is 33.0 Å². The third kappa shape index (κ3) is 4.91. The quantitative estimate of drug-likeness (QED) is 0.464. The number of nitrogens with two attached hydrogens (primary N) is 1. The number of nitrogen functional groups attached to an aromatic ring is 1. The van der Waals surface area contributed by atoms with Gasteiger partial charge in [-0.2, -0.15) is 9.29 Å². The first-order chi connectivity index (χ1) is 16.7. The number of halogens is 2.